The Morgan fingerprint density at radius 2 is 1.76 bits per heavy atom. The van der Waals surface area contributed by atoms with Crippen LogP contribution in [0.1, 0.15) is 30.7 Å². The van der Waals surface area contributed by atoms with Crippen LogP contribution in [0.25, 0.3) is 11.0 Å². The molecule has 0 bridgehead atoms. The number of rotatable bonds is 15. The van der Waals surface area contributed by atoms with Gasteiger partial charge in [-0.2, -0.15) is 0 Å². The number of halogens is 1. The molecule has 1 heterocycles. The van der Waals surface area contributed by atoms with Gasteiger partial charge in [-0.3, -0.25) is 4.79 Å². The van der Waals surface area contributed by atoms with E-state index in [1.807, 2.05) is 36.4 Å². The maximum absolute atomic E-state index is 12.0. The molecular weight excluding hydrogens is 498 g/mol. The number of hydrogen-bond donors (Lipinski definition) is 1. The first kappa shape index (κ1) is 27.3. The highest BCUT2D eigenvalue weighted by atomic mass is 35.5. The van der Waals surface area contributed by atoms with Gasteiger partial charge in [0.2, 0.25) is 0 Å². The second-order valence-electron chi connectivity index (χ2n) is 9.02. The summed E-state index contributed by atoms with van der Waals surface area (Å²) in [5.41, 5.74) is 3.27. The number of benzene rings is 3. The average Bonchev–Trinajstić information content (AvgIpc) is 3.28. The summed E-state index contributed by atoms with van der Waals surface area (Å²) in [6.45, 7) is 5.74. The van der Waals surface area contributed by atoms with Crippen LogP contribution in [0, 0.1) is 0 Å². The fourth-order valence-electron chi connectivity index (χ4n) is 4.32. The van der Waals surface area contributed by atoms with Crippen LogP contribution in [0.4, 0.5) is 0 Å². The topological polar surface area (TPSA) is 65.4 Å². The van der Waals surface area contributed by atoms with Gasteiger partial charge in [0.25, 0.3) is 5.91 Å². The van der Waals surface area contributed by atoms with E-state index in [9.17, 15) is 4.79 Å². The second-order valence-corrected chi connectivity index (χ2v) is 9.46. The molecule has 7 heteroatoms. The van der Waals surface area contributed by atoms with Gasteiger partial charge in [-0.1, -0.05) is 54.4 Å². The lowest BCUT2D eigenvalue weighted by Crippen LogP contribution is -2.29. The van der Waals surface area contributed by atoms with Crippen molar-refractivity contribution < 1.29 is 14.3 Å². The van der Waals surface area contributed by atoms with Crippen LogP contribution < -0.4 is 14.8 Å². The summed E-state index contributed by atoms with van der Waals surface area (Å²) in [4.78, 5) is 16.9. The standard InChI is InChI=1S/C31H34ClN3O3/c1-2-10-24-11-5-8-14-29(24)37-22-21-35-28-13-7-6-12-27(28)34-30(35)15-4-3-9-20-33-31(36)23-38-26-18-16-25(32)17-19-26/h2,5-8,11-14,16-19H,1,3-4,9-10,15,20-23H2,(H,33,36). The molecule has 0 atom stereocenters. The van der Waals surface area contributed by atoms with E-state index in [0.717, 1.165) is 66.8 Å². The highest BCUT2D eigenvalue weighted by Crippen LogP contribution is 2.21. The molecule has 0 aliphatic heterocycles. The molecule has 6 nitrogen and oxygen atoms in total. The van der Waals surface area contributed by atoms with Gasteiger partial charge in [-0.25, -0.2) is 4.98 Å². The van der Waals surface area contributed by atoms with Crippen LogP contribution in [0.2, 0.25) is 5.02 Å². The number of aromatic nitrogens is 2. The van der Waals surface area contributed by atoms with Gasteiger partial charge in [0.1, 0.15) is 23.9 Å². The van der Waals surface area contributed by atoms with Crippen LogP contribution in [-0.4, -0.2) is 35.2 Å². The molecule has 0 aliphatic carbocycles. The van der Waals surface area contributed by atoms with Crippen molar-refractivity contribution in [3.05, 3.63) is 102 Å². The molecule has 0 spiro atoms. The van der Waals surface area contributed by atoms with Crippen molar-refractivity contribution >= 4 is 28.5 Å². The van der Waals surface area contributed by atoms with Crippen molar-refractivity contribution in [3.63, 3.8) is 0 Å². The lowest BCUT2D eigenvalue weighted by molar-refractivity contribution is -0.123. The number of ether oxygens (including phenoxy) is 2. The minimum Gasteiger partial charge on any atom is -0.491 e. The van der Waals surface area contributed by atoms with E-state index in [-0.39, 0.29) is 12.5 Å². The van der Waals surface area contributed by atoms with Gasteiger partial charge in [-0.15, -0.1) is 6.58 Å². The Morgan fingerprint density at radius 1 is 0.974 bits per heavy atom. The molecule has 198 valence electrons. The average molecular weight is 532 g/mol. The van der Waals surface area contributed by atoms with Gasteiger partial charge in [0.05, 0.1) is 17.6 Å². The number of imidazole rings is 1. The minimum absolute atomic E-state index is 0.00814. The Morgan fingerprint density at radius 3 is 2.61 bits per heavy atom. The Kier molecular flexibility index (Phi) is 10.2. The lowest BCUT2D eigenvalue weighted by atomic mass is 10.1. The number of allylic oxidation sites excluding steroid dienone is 1. The van der Waals surface area contributed by atoms with Gasteiger partial charge in [0, 0.05) is 18.0 Å². The molecule has 1 N–H and O–H groups in total. The molecule has 0 aliphatic rings. The quantitative estimate of drug-likeness (QED) is 0.142. The SMILES string of the molecule is C=CCc1ccccc1OCCn1c(CCCCCNC(=O)COc2ccc(Cl)cc2)nc2ccccc21. The number of fused-ring (bicyclic) bond motifs is 1. The molecule has 1 amide bonds. The number of nitrogens with zero attached hydrogens (tertiary/aromatic N) is 2. The third-order valence-corrected chi connectivity index (χ3v) is 6.48. The molecule has 0 fully saturated rings. The predicted molar refractivity (Wildman–Crippen MR) is 153 cm³/mol. The molecule has 4 aromatic rings. The zero-order valence-corrected chi connectivity index (χ0v) is 22.3. The normalized spacial score (nSPS) is 10.9. The minimum atomic E-state index is -0.128. The summed E-state index contributed by atoms with van der Waals surface area (Å²) in [6.07, 6.45) is 6.43. The fourth-order valence-corrected chi connectivity index (χ4v) is 4.45. The molecule has 0 radical (unpaired) electrons. The number of amides is 1. The first-order valence-electron chi connectivity index (χ1n) is 13.0. The number of aryl methyl sites for hydroxylation is 1. The summed E-state index contributed by atoms with van der Waals surface area (Å²) in [5.74, 6) is 2.46. The molecule has 3 aromatic carbocycles. The number of nitrogens with one attached hydrogen (secondary N) is 1. The van der Waals surface area contributed by atoms with E-state index in [1.54, 1.807) is 24.3 Å². The molecule has 38 heavy (non-hydrogen) atoms. The summed E-state index contributed by atoms with van der Waals surface area (Å²) < 4.78 is 13.9. The number of para-hydroxylation sites is 3. The Balaban J connectivity index is 1.22. The van der Waals surface area contributed by atoms with Gasteiger partial charge < -0.3 is 19.4 Å². The lowest BCUT2D eigenvalue weighted by Gasteiger charge is -2.13. The molecule has 0 saturated carbocycles. The molecule has 1 aromatic heterocycles. The van der Waals surface area contributed by atoms with Crippen molar-refractivity contribution in [2.45, 2.75) is 38.6 Å². The zero-order valence-electron chi connectivity index (χ0n) is 21.6. The van der Waals surface area contributed by atoms with E-state index in [4.69, 9.17) is 26.1 Å². The highest BCUT2D eigenvalue weighted by molar-refractivity contribution is 6.30. The third-order valence-electron chi connectivity index (χ3n) is 6.23. The van der Waals surface area contributed by atoms with Crippen LogP contribution in [0.15, 0.2) is 85.5 Å². The third kappa shape index (κ3) is 7.86. The number of carbonyl (C=O) groups excluding carboxylic acids is 1. The van der Waals surface area contributed by atoms with E-state index >= 15 is 0 Å². The molecular formula is C31H34ClN3O3. The largest absolute Gasteiger partial charge is 0.491 e. The van der Waals surface area contributed by atoms with Crippen LogP contribution in [0.5, 0.6) is 11.5 Å². The number of unbranched alkanes of at least 4 members (excludes halogenated alkanes) is 2. The molecule has 0 unspecified atom stereocenters. The molecule has 0 saturated heterocycles. The first-order valence-corrected chi connectivity index (χ1v) is 13.4. The van der Waals surface area contributed by atoms with Crippen molar-refractivity contribution in [2.75, 3.05) is 19.8 Å². The van der Waals surface area contributed by atoms with Crippen molar-refractivity contribution in [3.8, 4) is 11.5 Å². The number of carbonyl (C=O) groups is 1. The Bertz CT molecular complexity index is 1330. The maximum atomic E-state index is 12.0. The summed E-state index contributed by atoms with van der Waals surface area (Å²) >= 11 is 5.86. The van der Waals surface area contributed by atoms with E-state index in [1.165, 1.54) is 0 Å². The fraction of sp³-hybridized carbons (Fsp3) is 0.290. The van der Waals surface area contributed by atoms with Gasteiger partial charge >= 0.3 is 0 Å². The van der Waals surface area contributed by atoms with Crippen LogP contribution in [-0.2, 0) is 24.2 Å². The van der Waals surface area contributed by atoms with Crippen molar-refractivity contribution in [2.24, 2.45) is 0 Å². The summed E-state index contributed by atoms with van der Waals surface area (Å²) in [6, 6.07) is 23.3. The summed E-state index contributed by atoms with van der Waals surface area (Å²) in [7, 11) is 0. The van der Waals surface area contributed by atoms with E-state index < -0.39 is 0 Å². The Hall–Kier alpha value is -3.77. The van der Waals surface area contributed by atoms with E-state index in [2.05, 4.69) is 34.7 Å². The smallest absolute Gasteiger partial charge is 0.257 e. The van der Waals surface area contributed by atoms with Gasteiger partial charge in [0.15, 0.2) is 6.61 Å². The number of hydrogen-bond acceptors (Lipinski definition) is 4. The zero-order chi connectivity index (χ0) is 26.6. The van der Waals surface area contributed by atoms with Crippen molar-refractivity contribution in [1.82, 2.24) is 14.9 Å². The Labute approximate surface area is 229 Å². The van der Waals surface area contributed by atoms with Crippen LogP contribution >= 0.6 is 11.6 Å². The summed E-state index contributed by atoms with van der Waals surface area (Å²) in [5, 5.41) is 3.55. The highest BCUT2D eigenvalue weighted by Gasteiger charge is 2.11. The molecule has 4 rings (SSSR count). The van der Waals surface area contributed by atoms with Crippen molar-refractivity contribution in [1.29, 1.82) is 0 Å². The second kappa shape index (κ2) is 14.2. The maximum Gasteiger partial charge on any atom is 0.257 e. The van der Waals surface area contributed by atoms with E-state index in [0.29, 0.717) is 23.9 Å². The monoisotopic (exact) mass is 531 g/mol. The van der Waals surface area contributed by atoms with Gasteiger partial charge in [-0.05, 0) is 67.3 Å². The first-order chi connectivity index (χ1) is 18.6. The predicted octanol–water partition coefficient (Wildman–Crippen LogP) is 6.41. The van der Waals surface area contributed by atoms with Crippen LogP contribution in [0.3, 0.4) is 0 Å².